The van der Waals surface area contributed by atoms with Gasteiger partial charge in [0, 0.05) is 42.1 Å². The van der Waals surface area contributed by atoms with Crippen molar-refractivity contribution < 1.29 is 63.2 Å². The SMILES string of the molecule is [Mo+2].[Mo].[Mo].[SH-].[SH-].[SH-].[SH-]. The molecule has 0 aliphatic rings. The predicted octanol–water partition coefficient (Wildman–Crippen LogP) is -1.09. The van der Waals surface area contributed by atoms with Gasteiger partial charge in [0.2, 0.25) is 0 Å². The number of hydrogen-bond donors (Lipinski definition) is 0. The maximum Gasteiger partial charge on any atom is 2.00 e. The van der Waals surface area contributed by atoms with Gasteiger partial charge < -0.3 is 54.0 Å². The first-order chi connectivity index (χ1) is 0. The molecular weight excluding hydrogens is 416 g/mol. The van der Waals surface area contributed by atoms with Crippen LogP contribution in [0.25, 0.3) is 0 Å². The molecule has 0 amide bonds. The van der Waals surface area contributed by atoms with Crippen LogP contribution in [0.2, 0.25) is 0 Å². The Morgan fingerprint density at radius 1 is 0.429 bits per heavy atom. The zero-order chi connectivity index (χ0) is 0. The molecule has 0 fully saturated rings. The third-order valence-corrected chi connectivity index (χ3v) is 0. The Bertz CT molecular complexity index is 6.90. The largest absolute Gasteiger partial charge is 2.00 e. The van der Waals surface area contributed by atoms with Gasteiger partial charge in [0.1, 0.15) is 0 Å². The molecule has 0 aliphatic carbocycles. The van der Waals surface area contributed by atoms with Gasteiger partial charge in [-0.15, -0.1) is 0 Å². The van der Waals surface area contributed by atoms with Crippen LogP contribution in [-0.2, 0) is 117 Å². The van der Waals surface area contributed by atoms with E-state index in [4.69, 9.17) is 0 Å². The van der Waals surface area contributed by atoms with Crippen molar-refractivity contribution in [2.24, 2.45) is 0 Å². The summed E-state index contributed by atoms with van der Waals surface area (Å²) in [6, 6.07) is 0. The van der Waals surface area contributed by atoms with Crippen LogP contribution in [0, 0.1) is 0 Å². The summed E-state index contributed by atoms with van der Waals surface area (Å²) in [6.07, 6.45) is 0. The molecule has 0 nitrogen and oxygen atoms in total. The molecule has 0 spiro atoms. The summed E-state index contributed by atoms with van der Waals surface area (Å²) in [5.74, 6) is 0. The van der Waals surface area contributed by atoms with Crippen LogP contribution >= 0.6 is 0 Å². The van der Waals surface area contributed by atoms with Crippen molar-refractivity contribution in [3.05, 3.63) is 0 Å². The fourth-order valence-corrected chi connectivity index (χ4v) is 0. The van der Waals surface area contributed by atoms with E-state index in [0.29, 0.717) is 0 Å². The van der Waals surface area contributed by atoms with Crippen molar-refractivity contribution in [1.29, 1.82) is 0 Å². The van der Waals surface area contributed by atoms with E-state index in [9.17, 15) is 0 Å². The van der Waals surface area contributed by atoms with Gasteiger partial charge in [-0.2, -0.15) is 0 Å². The summed E-state index contributed by atoms with van der Waals surface area (Å²) in [5, 5.41) is 0. The van der Waals surface area contributed by atoms with Crippen LogP contribution in [0.15, 0.2) is 0 Å². The van der Waals surface area contributed by atoms with Crippen molar-refractivity contribution in [3.63, 3.8) is 0 Å². The minimum Gasteiger partial charge on any atom is -0.813 e. The minimum absolute atomic E-state index is 0. The van der Waals surface area contributed by atoms with Gasteiger partial charge in [0.05, 0.1) is 0 Å². The summed E-state index contributed by atoms with van der Waals surface area (Å²) in [7, 11) is 0. The Morgan fingerprint density at radius 3 is 0.429 bits per heavy atom. The monoisotopic (exact) mass is 426 g/mol. The van der Waals surface area contributed by atoms with Crippen LogP contribution in [0.3, 0.4) is 0 Å². The van der Waals surface area contributed by atoms with Crippen molar-refractivity contribution >= 4 is 54.0 Å². The van der Waals surface area contributed by atoms with Gasteiger partial charge >= 0.3 is 21.1 Å². The van der Waals surface area contributed by atoms with Crippen LogP contribution in [0.1, 0.15) is 0 Å². The van der Waals surface area contributed by atoms with E-state index in [-0.39, 0.29) is 117 Å². The summed E-state index contributed by atoms with van der Waals surface area (Å²) in [6.45, 7) is 0. The van der Waals surface area contributed by atoms with Crippen LogP contribution in [-0.4, -0.2) is 0 Å². The predicted molar refractivity (Wildman–Crippen MR) is 35.0 cm³/mol. The first-order valence-corrected chi connectivity index (χ1v) is 0. The van der Waals surface area contributed by atoms with Gasteiger partial charge in [0.15, 0.2) is 0 Å². The Morgan fingerprint density at radius 2 is 0.429 bits per heavy atom. The van der Waals surface area contributed by atoms with E-state index in [1.165, 1.54) is 0 Å². The molecule has 0 bridgehead atoms. The summed E-state index contributed by atoms with van der Waals surface area (Å²) >= 11 is 0. The maximum absolute atomic E-state index is 0. The Hall–Kier alpha value is 3.46. The number of hydrogen-bond acceptors (Lipinski definition) is 4. The smallest absolute Gasteiger partial charge is 0.813 e. The molecule has 48 valence electrons. The first-order valence-electron chi connectivity index (χ1n) is 0. The van der Waals surface area contributed by atoms with Crippen molar-refractivity contribution in [2.75, 3.05) is 0 Å². The van der Waals surface area contributed by atoms with Crippen molar-refractivity contribution in [1.82, 2.24) is 0 Å². The molecule has 0 unspecified atom stereocenters. The molecule has 0 aromatic carbocycles. The van der Waals surface area contributed by atoms with Crippen molar-refractivity contribution in [2.45, 2.75) is 0 Å². The molecule has 0 N–H and O–H groups in total. The summed E-state index contributed by atoms with van der Waals surface area (Å²) < 4.78 is 0. The molecule has 0 aromatic heterocycles. The molecule has 7 heteroatoms. The van der Waals surface area contributed by atoms with Crippen LogP contribution in [0.4, 0.5) is 0 Å². The van der Waals surface area contributed by atoms with Crippen LogP contribution < -0.4 is 0 Å². The zero-order valence-corrected chi connectivity index (χ0v) is 12.6. The second-order valence-electron chi connectivity index (χ2n) is 0. The molecule has 0 radical (unpaired) electrons. The molecular formula is H4Mo3S4-2. The summed E-state index contributed by atoms with van der Waals surface area (Å²) in [5.41, 5.74) is 0. The van der Waals surface area contributed by atoms with Gasteiger partial charge in [-0.25, -0.2) is 0 Å². The molecule has 0 atom stereocenters. The average molecular weight is 420 g/mol. The van der Waals surface area contributed by atoms with Crippen molar-refractivity contribution in [3.8, 4) is 0 Å². The first kappa shape index (κ1) is 78.1. The molecule has 0 saturated heterocycles. The van der Waals surface area contributed by atoms with E-state index < -0.39 is 0 Å². The maximum atomic E-state index is 0. The van der Waals surface area contributed by atoms with E-state index >= 15 is 0 Å². The molecule has 0 rings (SSSR count). The molecule has 0 saturated carbocycles. The fraction of sp³-hybridized carbons (Fsp3) is 0. The van der Waals surface area contributed by atoms with Gasteiger partial charge in [-0.1, -0.05) is 0 Å². The third-order valence-electron chi connectivity index (χ3n) is 0. The van der Waals surface area contributed by atoms with Crippen LogP contribution in [0.5, 0.6) is 0 Å². The van der Waals surface area contributed by atoms with E-state index in [2.05, 4.69) is 0 Å². The molecule has 0 heterocycles. The van der Waals surface area contributed by atoms with Gasteiger partial charge in [-0.3, -0.25) is 0 Å². The molecule has 0 aliphatic heterocycles. The van der Waals surface area contributed by atoms with E-state index in [1.807, 2.05) is 0 Å². The fourth-order valence-electron chi connectivity index (χ4n) is 0. The van der Waals surface area contributed by atoms with E-state index in [0.717, 1.165) is 0 Å². The van der Waals surface area contributed by atoms with Gasteiger partial charge in [-0.05, 0) is 0 Å². The van der Waals surface area contributed by atoms with E-state index in [1.54, 1.807) is 0 Å². The van der Waals surface area contributed by atoms with Gasteiger partial charge in [0.25, 0.3) is 0 Å². The summed E-state index contributed by atoms with van der Waals surface area (Å²) in [4.78, 5) is 0. The quantitative estimate of drug-likeness (QED) is 0.278. The Labute approximate surface area is 115 Å². The average Bonchev–Trinajstić information content (AvgIpc) is 0. The standard InChI is InChI=1S/3Mo.4H2S/h;;;4*1H2/q;;+2;;;;/p-4. The second-order valence-corrected chi connectivity index (χ2v) is 0. The molecule has 0 aromatic rings. The second kappa shape index (κ2) is 56.5. The minimum atomic E-state index is 0. The number of rotatable bonds is 0. The normalized spacial score (nSPS) is 0. The Kier molecular flexibility index (Phi) is 630. The molecule has 7 heavy (non-hydrogen) atoms. The third kappa shape index (κ3) is 43.9. The zero-order valence-electron chi connectivity index (χ0n) is 3.01. The topological polar surface area (TPSA) is 0 Å². The Balaban J connectivity index is 0. The number of thiol groups is 4.